The van der Waals surface area contributed by atoms with Gasteiger partial charge in [-0.05, 0) is 79.9 Å². The van der Waals surface area contributed by atoms with Crippen LogP contribution in [0.2, 0.25) is 0 Å². The van der Waals surface area contributed by atoms with E-state index in [9.17, 15) is 22.8 Å². The average Bonchev–Trinajstić information content (AvgIpc) is 3.47. The molecule has 45 heavy (non-hydrogen) atoms. The van der Waals surface area contributed by atoms with E-state index in [2.05, 4.69) is 44.5 Å². The Morgan fingerprint density at radius 3 is 2.29 bits per heavy atom. The lowest BCUT2D eigenvalue weighted by atomic mass is 9.87. The third-order valence-electron chi connectivity index (χ3n) is 7.86. The number of amides is 3. The summed E-state index contributed by atoms with van der Waals surface area (Å²) in [5.41, 5.74) is 1.51. The van der Waals surface area contributed by atoms with Crippen LogP contribution in [0.15, 0.2) is 60.5 Å². The Labute approximate surface area is 272 Å². The summed E-state index contributed by atoms with van der Waals surface area (Å²) in [6.07, 6.45) is 9.56. The lowest BCUT2D eigenvalue weighted by Gasteiger charge is -2.37. The molecule has 1 aliphatic heterocycles. The van der Waals surface area contributed by atoms with Crippen LogP contribution in [0, 0.1) is 11.8 Å². The summed E-state index contributed by atoms with van der Waals surface area (Å²) < 4.78 is 42.4. The first-order valence-electron chi connectivity index (χ1n) is 15.7. The SMILES string of the molecule is C=C/C(=C\C(F)=C/C)C(C(=O)NC1CCC(F)(F)CC1)N(C(=O)N1CCCC1C#CCC)c1ccc(C(C)(C)C)cc1.CSC. The number of likely N-dealkylation sites (tertiary alicyclic amines) is 1. The summed E-state index contributed by atoms with van der Waals surface area (Å²) in [7, 11) is 0. The predicted molar refractivity (Wildman–Crippen MR) is 183 cm³/mol. The van der Waals surface area contributed by atoms with Gasteiger partial charge in [-0.25, -0.2) is 18.0 Å². The number of hydrogen-bond donors (Lipinski definition) is 1. The zero-order valence-corrected chi connectivity index (χ0v) is 28.7. The highest BCUT2D eigenvalue weighted by molar-refractivity contribution is 7.97. The van der Waals surface area contributed by atoms with Crippen LogP contribution in [0.5, 0.6) is 0 Å². The number of alkyl halides is 2. The molecule has 0 bridgehead atoms. The fourth-order valence-electron chi connectivity index (χ4n) is 5.37. The molecule has 1 saturated carbocycles. The van der Waals surface area contributed by atoms with Crippen molar-refractivity contribution in [3.63, 3.8) is 0 Å². The number of carbonyl (C=O) groups excluding carboxylic acids is 2. The number of hydrogen-bond acceptors (Lipinski definition) is 3. The quantitative estimate of drug-likeness (QED) is 0.238. The van der Waals surface area contributed by atoms with Crippen molar-refractivity contribution >= 4 is 29.4 Å². The van der Waals surface area contributed by atoms with Gasteiger partial charge in [-0.15, -0.1) is 5.92 Å². The van der Waals surface area contributed by atoms with Gasteiger partial charge in [-0.2, -0.15) is 11.8 Å². The number of nitrogens with zero attached hydrogens (tertiary/aromatic N) is 2. The van der Waals surface area contributed by atoms with Gasteiger partial charge in [0.05, 0.1) is 6.04 Å². The molecular weight excluding hydrogens is 595 g/mol. The van der Waals surface area contributed by atoms with Crippen molar-refractivity contribution in [2.24, 2.45) is 0 Å². The highest BCUT2D eigenvalue weighted by Gasteiger charge is 2.41. The van der Waals surface area contributed by atoms with Crippen molar-refractivity contribution in [1.82, 2.24) is 10.2 Å². The molecule has 0 spiro atoms. The molecule has 1 aromatic carbocycles. The molecular formula is C36H50F3N3O2S. The number of thioether (sulfide) groups is 1. The lowest BCUT2D eigenvalue weighted by Crippen LogP contribution is -2.57. The van der Waals surface area contributed by atoms with Crippen LogP contribution in [-0.4, -0.2) is 59.9 Å². The molecule has 0 aromatic heterocycles. The molecule has 3 amide bonds. The normalized spacial score (nSPS) is 19.4. The van der Waals surface area contributed by atoms with Gasteiger partial charge in [0, 0.05) is 37.5 Å². The van der Waals surface area contributed by atoms with E-state index in [4.69, 9.17) is 0 Å². The Morgan fingerprint density at radius 2 is 1.78 bits per heavy atom. The molecule has 248 valence electrons. The van der Waals surface area contributed by atoms with Gasteiger partial charge < -0.3 is 10.2 Å². The van der Waals surface area contributed by atoms with Crippen LogP contribution in [0.4, 0.5) is 23.7 Å². The molecule has 1 saturated heterocycles. The minimum Gasteiger partial charge on any atom is -0.351 e. The number of nitrogens with one attached hydrogen (secondary N) is 1. The first kappa shape index (κ1) is 38.1. The molecule has 5 nitrogen and oxygen atoms in total. The average molecular weight is 646 g/mol. The number of anilines is 1. The summed E-state index contributed by atoms with van der Waals surface area (Å²) in [4.78, 5) is 31.6. The lowest BCUT2D eigenvalue weighted by molar-refractivity contribution is -0.123. The van der Waals surface area contributed by atoms with Crippen LogP contribution >= 0.6 is 11.8 Å². The third kappa shape index (κ3) is 11.0. The van der Waals surface area contributed by atoms with Gasteiger partial charge >= 0.3 is 6.03 Å². The standard InChI is InChI=1S/C34H44F3N3O2.C2H6S/c1-7-10-12-28-13-11-22-39(28)32(42)40(29-16-14-25(15-17-29)33(4,5)6)30(24(8-2)23-26(35)9-3)31(41)38-27-18-20-34(36,37)21-19-27;1-3-2/h8-9,14-17,23,27-28,30H,2,7,11,13,18-22H2,1,3-6H3,(H,38,41);1-2H3/b24-23+,26-9+;. The van der Waals surface area contributed by atoms with Crippen LogP contribution in [0.3, 0.4) is 0 Å². The number of halogens is 3. The zero-order valence-electron chi connectivity index (χ0n) is 27.9. The molecule has 1 aromatic rings. The molecule has 2 atom stereocenters. The number of benzene rings is 1. The van der Waals surface area contributed by atoms with E-state index in [1.54, 1.807) is 28.8 Å². The fourth-order valence-corrected chi connectivity index (χ4v) is 5.37. The predicted octanol–water partition coefficient (Wildman–Crippen LogP) is 8.82. The van der Waals surface area contributed by atoms with Gasteiger partial charge in [-0.1, -0.05) is 64.5 Å². The molecule has 1 aliphatic carbocycles. The molecule has 2 fully saturated rings. The maximum atomic E-state index is 14.7. The van der Waals surface area contributed by atoms with Gasteiger partial charge in [0.15, 0.2) is 0 Å². The van der Waals surface area contributed by atoms with Gasteiger partial charge in [0.1, 0.15) is 11.9 Å². The molecule has 1 N–H and O–H groups in total. The topological polar surface area (TPSA) is 52.7 Å². The Balaban J connectivity index is 0.00000226. The van der Waals surface area contributed by atoms with Crippen molar-refractivity contribution in [2.45, 2.75) is 109 Å². The van der Waals surface area contributed by atoms with Crippen molar-refractivity contribution < 1.29 is 22.8 Å². The maximum Gasteiger partial charge on any atom is 0.326 e. The van der Waals surface area contributed by atoms with Crippen molar-refractivity contribution in [2.75, 3.05) is 24.0 Å². The first-order chi connectivity index (χ1) is 21.2. The molecule has 2 unspecified atom stereocenters. The second kappa shape index (κ2) is 17.5. The Kier molecular flexibility index (Phi) is 14.8. The molecule has 1 heterocycles. The second-order valence-electron chi connectivity index (χ2n) is 12.4. The third-order valence-corrected chi connectivity index (χ3v) is 7.86. The minimum atomic E-state index is -2.76. The zero-order chi connectivity index (χ0) is 33.8. The molecule has 9 heteroatoms. The smallest absolute Gasteiger partial charge is 0.326 e. The van der Waals surface area contributed by atoms with Crippen LogP contribution < -0.4 is 10.2 Å². The second-order valence-corrected chi connectivity index (χ2v) is 13.3. The van der Waals surface area contributed by atoms with E-state index >= 15 is 0 Å². The molecule has 0 radical (unpaired) electrons. The Hall–Kier alpha value is -3.12. The number of urea groups is 1. The van der Waals surface area contributed by atoms with E-state index in [0.29, 0.717) is 25.1 Å². The summed E-state index contributed by atoms with van der Waals surface area (Å²) in [5, 5.41) is 2.90. The summed E-state index contributed by atoms with van der Waals surface area (Å²) >= 11 is 1.75. The van der Waals surface area contributed by atoms with E-state index in [1.165, 1.54) is 30.1 Å². The van der Waals surface area contributed by atoms with E-state index in [1.807, 2.05) is 31.6 Å². The molecule has 2 aliphatic rings. The van der Waals surface area contributed by atoms with Crippen LogP contribution in [0.1, 0.15) is 85.1 Å². The maximum absolute atomic E-state index is 14.7. The van der Waals surface area contributed by atoms with E-state index < -0.39 is 35.8 Å². The van der Waals surface area contributed by atoms with Crippen molar-refractivity contribution in [1.29, 1.82) is 0 Å². The Morgan fingerprint density at radius 1 is 1.18 bits per heavy atom. The number of allylic oxidation sites excluding steroid dienone is 3. The number of carbonyl (C=O) groups is 2. The fraction of sp³-hybridized carbons (Fsp3) is 0.556. The summed E-state index contributed by atoms with van der Waals surface area (Å²) in [5.74, 6) is 2.31. The first-order valence-corrected chi connectivity index (χ1v) is 17.3. The van der Waals surface area contributed by atoms with Gasteiger partial charge in [0.25, 0.3) is 0 Å². The summed E-state index contributed by atoms with van der Waals surface area (Å²) in [6.45, 7) is 14.0. The van der Waals surface area contributed by atoms with Crippen LogP contribution in [0.25, 0.3) is 0 Å². The minimum absolute atomic E-state index is 0.108. The summed E-state index contributed by atoms with van der Waals surface area (Å²) in [6, 6.07) is 4.85. The van der Waals surface area contributed by atoms with Crippen molar-refractivity contribution in [3.05, 3.63) is 66.0 Å². The van der Waals surface area contributed by atoms with Gasteiger partial charge in [-0.3, -0.25) is 9.69 Å². The van der Waals surface area contributed by atoms with Crippen molar-refractivity contribution in [3.8, 4) is 11.8 Å². The van der Waals surface area contributed by atoms with E-state index in [0.717, 1.165) is 12.0 Å². The highest BCUT2D eigenvalue weighted by Crippen LogP contribution is 2.34. The monoisotopic (exact) mass is 645 g/mol. The van der Waals surface area contributed by atoms with Gasteiger partial charge in [0.2, 0.25) is 11.8 Å². The number of rotatable bonds is 7. The van der Waals surface area contributed by atoms with E-state index in [-0.39, 0.29) is 42.7 Å². The van der Waals surface area contributed by atoms with Crippen LogP contribution in [-0.2, 0) is 10.2 Å². The molecule has 3 rings (SSSR count). The highest BCUT2D eigenvalue weighted by atomic mass is 32.2. The Bertz CT molecular complexity index is 1260. The largest absolute Gasteiger partial charge is 0.351 e.